The van der Waals surface area contributed by atoms with Gasteiger partial charge in [0.1, 0.15) is 10.4 Å². The zero-order valence-corrected chi connectivity index (χ0v) is 15.5. The third-order valence-corrected chi connectivity index (χ3v) is 7.98. The number of carbonyl (C=O) groups excluding carboxylic acids is 1. The van der Waals surface area contributed by atoms with Gasteiger partial charge in [0.2, 0.25) is 0 Å². The van der Waals surface area contributed by atoms with Crippen LogP contribution in [0.3, 0.4) is 0 Å². The van der Waals surface area contributed by atoms with Gasteiger partial charge in [0, 0.05) is 37.6 Å². The number of ether oxygens (including phenoxy) is 1. The molecule has 1 spiro atoms. The molecule has 0 saturated carbocycles. The molecular formula is C18H20N4O4S. The molecule has 1 atom stereocenters. The average molecular weight is 388 g/mol. The molecule has 0 aromatic carbocycles. The number of pyridine rings is 1. The van der Waals surface area contributed by atoms with Crippen molar-refractivity contribution in [3.05, 3.63) is 54.4 Å². The minimum atomic E-state index is -3.27. The van der Waals surface area contributed by atoms with Crippen LogP contribution in [0.2, 0.25) is 0 Å². The van der Waals surface area contributed by atoms with Crippen LogP contribution < -0.4 is 0 Å². The summed E-state index contributed by atoms with van der Waals surface area (Å²) in [4.78, 5) is 26.1. The molecule has 4 heterocycles. The number of carbonyl (C=O) groups is 1. The predicted molar refractivity (Wildman–Crippen MR) is 96.5 cm³/mol. The second-order valence-corrected chi connectivity index (χ2v) is 9.41. The molecule has 0 bridgehead atoms. The van der Waals surface area contributed by atoms with Crippen LogP contribution in [0.4, 0.5) is 0 Å². The Kier molecular flexibility index (Phi) is 4.65. The zero-order chi connectivity index (χ0) is 18.9. The average Bonchev–Trinajstić information content (AvgIpc) is 2.92. The van der Waals surface area contributed by atoms with E-state index in [0.717, 1.165) is 5.69 Å². The molecule has 2 fully saturated rings. The number of hydrogen-bond acceptors (Lipinski definition) is 7. The van der Waals surface area contributed by atoms with Gasteiger partial charge in [-0.15, -0.1) is 0 Å². The molecule has 2 aliphatic heterocycles. The molecule has 4 rings (SSSR count). The Balaban J connectivity index is 1.41. The number of aromatic nitrogens is 3. The summed E-state index contributed by atoms with van der Waals surface area (Å²) in [6.07, 6.45) is 6.58. The Morgan fingerprint density at radius 1 is 1.22 bits per heavy atom. The second kappa shape index (κ2) is 6.97. The van der Waals surface area contributed by atoms with Crippen molar-refractivity contribution in [2.45, 2.75) is 17.8 Å². The number of nitrogens with zero attached hydrogens (tertiary/aromatic N) is 4. The first-order valence-corrected chi connectivity index (χ1v) is 10.4. The fourth-order valence-electron chi connectivity index (χ4n) is 3.81. The van der Waals surface area contributed by atoms with Crippen LogP contribution in [0.1, 0.15) is 22.6 Å². The Morgan fingerprint density at radius 3 is 2.78 bits per heavy atom. The van der Waals surface area contributed by atoms with Crippen molar-refractivity contribution in [3.8, 4) is 0 Å². The third kappa shape index (κ3) is 3.21. The molecule has 0 aliphatic carbocycles. The van der Waals surface area contributed by atoms with Gasteiger partial charge in [-0.25, -0.2) is 13.4 Å². The minimum absolute atomic E-state index is 0.128. The summed E-state index contributed by atoms with van der Waals surface area (Å²) in [5, 5.41) is 0. The highest BCUT2D eigenvalue weighted by molar-refractivity contribution is 7.93. The fraction of sp³-hybridized carbons (Fsp3) is 0.444. The van der Waals surface area contributed by atoms with Crippen LogP contribution in [0.25, 0.3) is 0 Å². The number of rotatable bonds is 5. The monoisotopic (exact) mass is 388 g/mol. The van der Waals surface area contributed by atoms with E-state index in [4.69, 9.17) is 4.74 Å². The van der Waals surface area contributed by atoms with E-state index >= 15 is 0 Å². The zero-order valence-electron chi connectivity index (χ0n) is 14.7. The van der Waals surface area contributed by atoms with Crippen molar-refractivity contribution in [2.75, 3.05) is 25.4 Å². The topological polar surface area (TPSA) is 102 Å². The molecule has 0 N–H and O–H groups in total. The Hall–Kier alpha value is -2.39. The van der Waals surface area contributed by atoms with Crippen molar-refractivity contribution >= 4 is 15.7 Å². The first-order valence-electron chi connectivity index (χ1n) is 8.77. The van der Waals surface area contributed by atoms with Crippen LogP contribution in [0, 0.1) is 5.92 Å². The summed E-state index contributed by atoms with van der Waals surface area (Å²) < 4.78 is 30.2. The lowest BCUT2D eigenvalue weighted by atomic mass is 9.83. The first-order chi connectivity index (χ1) is 13.0. The summed E-state index contributed by atoms with van der Waals surface area (Å²) in [6.45, 7) is 1.05. The summed E-state index contributed by atoms with van der Waals surface area (Å²) in [7, 11) is -3.27. The molecule has 2 aromatic heterocycles. The molecule has 2 aliphatic rings. The molecule has 2 aromatic rings. The van der Waals surface area contributed by atoms with Gasteiger partial charge in [0.25, 0.3) is 5.91 Å². The minimum Gasteiger partial charge on any atom is -0.375 e. The quantitative estimate of drug-likeness (QED) is 0.743. The SMILES string of the molecule is O=C(c1cnccn1)N1CC2(C1)[C@H](COCc1ccccn1)CCS2(=O)=O. The normalized spacial score (nSPS) is 22.5. The molecule has 27 heavy (non-hydrogen) atoms. The lowest BCUT2D eigenvalue weighted by molar-refractivity contribution is 0.0200. The standard InChI is InChI=1S/C18H20N4O4S/c23-17(16-9-19-6-7-21-16)22-12-18(13-22)14(4-8-27(18,24)25)10-26-11-15-3-1-2-5-20-15/h1-3,5-7,9,14H,4,8,10-13H2/t14-/m0/s1. The largest absolute Gasteiger partial charge is 0.375 e. The van der Waals surface area contributed by atoms with Gasteiger partial charge in [0.15, 0.2) is 9.84 Å². The lowest BCUT2D eigenvalue weighted by Gasteiger charge is -2.49. The van der Waals surface area contributed by atoms with Gasteiger partial charge in [0.05, 0.1) is 30.9 Å². The summed E-state index contributed by atoms with van der Waals surface area (Å²) >= 11 is 0. The smallest absolute Gasteiger partial charge is 0.274 e. The molecule has 2 saturated heterocycles. The molecule has 8 nitrogen and oxygen atoms in total. The maximum absolute atomic E-state index is 12.7. The van der Waals surface area contributed by atoms with Gasteiger partial charge in [-0.2, -0.15) is 0 Å². The maximum Gasteiger partial charge on any atom is 0.274 e. The van der Waals surface area contributed by atoms with Crippen LogP contribution in [-0.4, -0.2) is 64.4 Å². The maximum atomic E-state index is 12.7. The van der Waals surface area contributed by atoms with Crippen molar-refractivity contribution in [1.29, 1.82) is 0 Å². The molecule has 142 valence electrons. The van der Waals surface area contributed by atoms with Gasteiger partial charge in [-0.05, 0) is 18.6 Å². The highest BCUT2D eigenvalue weighted by Gasteiger charge is 2.62. The molecule has 1 amide bonds. The highest BCUT2D eigenvalue weighted by Crippen LogP contribution is 2.45. The Labute approximate surface area is 157 Å². The van der Waals surface area contributed by atoms with Crippen molar-refractivity contribution in [3.63, 3.8) is 0 Å². The van der Waals surface area contributed by atoms with Crippen LogP contribution in [0.15, 0.2) is 43.0 Å². The van der Waals surface area contributed by atoms with Crippen molar-refractivity contribution in [2.24, 2.45) is 5.92 Å². The summed E-state index contributed by atoms with van der Waals surface area (Å²) in [5.41, 5.74) is 1.03. The van der Waals surface area contributed by atoms with Crippen molar-refractivity contribution in [1.82, 2.24) is 19.9 Å². The van der Waals surface area contributed by atoms with Crippen LogP contribution >= 0.6 is 0 Å². The third-order valence-electron chi connectivity index (χ3n) is 5.38. The Morgan fingerprint density at radius 2 is 2.07 bits per heavy atom. The number of amides is 1. The van der Waals surface area contributed by atoms with E-state index in [2.05, 4.69) is 15.0 Å². The molecule has 9 heteroatoms. The predicted octanol–water partition coefficient (Wildman–Crippen LogP) is 0.718. The van der Waals surface area contributed by atoms with Gasteiger partial charge in [-0.1, -0.05) is 6.07 Å². The number of hydrogen-bond donors (Lipinski definition) is 0. The van der Waals surface area contributed by atoms with E-state index < -0.39 is 14.6 Å². The van der Waals surface area contributed by atoms with E-state index in [0.29, 0.717) is 19.6 Å². The number of likely N-dealkylation sites (tertiary alicyclic amines) is 1. The second-order valence-electron chi connectivity index (χ2n) is 6.96. The lowest BCUT2D eigenvalue weighted by Crippen LogP contribution is -2.68. The van der Waals surface area contributed by atoms with E-state index in [9.17, 15) is 13.2 Å². The van der Waals surface area contributed by atoms with Gasteiger partial charge >= 0.3 is 0 Å². The molecular weight excluding hydrogens is 368 g/mol. The van der Waals surface area contributed by atoms with Gasteiger partial charge in [-0.3, -0.25) is 14.8 Å². The van der Waals surface area contributed by atoms with Crippen LogP contribution in [-0.2, 0) is 21.2 Å². The summed E-state index contributed by atoms with van der Waals surface area (Å²) in [6, 6.07) is 5.58. The van der Waals surface area contributed by atoms with Crippen molar-refractivity contribution < 1.29 is 17.9 Å². The van der Waals surface area contributed by atoms with E-state index in [1.165, 1.54) is 23.5 Å². The number of sulfone groups is 1. The first kappa shape index (κ1) is 18.0. The highest BCUT2D eigenvalue weighted by atomic mass is 32.2. The molecule has 0 radical (unpaired) electrons. The molecule has 0 unspecified atom stereocenters. The van der Waals surface area contributed by atoms with Crippen LogP contribution in [0.5, 0.6) is 0 Å². The van der Waals surface area contributed by atoms with E-state index in [-0.39, 0.29) is 36.4 Å². The van der Waals surface area contributed by atoms with Gasteiger partial charge < -0.3 is 9.64 Å². The van der Waals surface area contributed by atoms with E-state index in [1.807, 2.05) is 18.2 Å². The van der Waals surface area contributed by atoms with E-state index in [1.54, 1.807) is 6.20 Å². The fourth-order valence-corrected chi connectivity index (χ4v) is 6.21. The Bertz CT molecular complexity index is 915. The summed E-state index contributed by atoms with van der Waals surface area (Å²) in [5.74, 6) is -0.279.